The first-order valence-electron chi connectivity index (χ1n) is 2.24. The molecule has 5 heteroatoms. The van der Waals surface area contributed by atoms with Crippen molar-refractivity contribution in [2.45, 2.75) is 6.73 Å². The first-order valence-corrected chi connectivity index (χ1v) is 3.52. The molecule has 0 aliphatic rings. The van der Waals surface area contributed by atoms with Gasteiger partial charge >= 0.3 is 0 Å². The van der Waals surface area contributed by atoms with Crippen molar-refractivity contribution in [3.05, 3.63) is 9.33 Å². The Hall–Kier alpha value is -0.390. The second-order valence-corrected chi connectivity index (χ2v) is 2.93. The van der Waals surface area contributed by atoms with E-state index in [1.807, 2.05) is 0 Å². The molecule has 0 fully saturated rings. The highest BCUT2D eigenvalue weighted by atomic mass is 32.1. The van der Waals surface area contributed by atoms with Gasteiger partial charge in [-0.15, -0.1) is 11.3 Å². The average molecular weight is 163 g/mol. The summed E-state index contributed by atoms with van der Waals surface area (Å²) < 4.78 is 1.72. The molecule has 50 valence electrons. The van der Waals surface area contributed by atoms with E-state index in [0.29, 0.717) is 3.95 Å². The molecular weight excluding hydrogens is 158 g/mol. The van der Waals surface area contributed by atoms with Crippen LogP contribution in [0.25, 0.3) is 0 Å². The molecule has 0 unspecified atom stereocenters. The van der Waals surface area contributed by atoms with Gasteiger partial charge in [-0.3, -0.25) is 4.57 Å². The van der Waals surface area contributed by atoms with Crippen LogP contribution in [0.4, 0.5) is 0 Å². The number of aliphatic hydroxyl groups excluding tert-OH is 1. The minimum absolute atomic E-state index is 0.0208. The Morgan fingerprint density at radius 1 is 1.78 bits per heavy atom. The van der Waals surface area contributed by atoms with E-state index >= 15 is 0 Å². The largest absolute Gasteiger partial charge is 0.494 e. The zero-order chi connectivity index (χ0) is 6.85. The second-order valence-electron chi connectivity index (χ2n) is 1.43. The van der Waals surface area contributed by atoms with Crippen LogP contribution in [-0.2, 0) is 6.73 Å². The predicted molar refractivity (Wildman–Crippen MR) is 37.0 cm³/mol. The van der Waals surface area contributed by atoms with Gasteiger partial charge in [-0.25, -0.2) is 0 Å². The van der Waals surface area contributed by atoms with Crippen LogP contribution in [0.5, 0.6) is 5.88 Å². The lowest BCUT2D eigenvalue weighted by Crippen LogP contribution is -1.93. The van der Waals surface area contributed by atoms with Gasteiger partial charge in [-0.2, -0.15) is 0 Å². The van der Waals surface area contributed by atoms with E-state index in [0.717, 1.165) is 0 Å². The van der Waals surface area contributed by atoms with Gasteiger partial charge in [-0.1, -0.05) is 0 Å². The van der Waals surface area contributed by atoms with Crippen LogP contribution >= 0.6 is 23.6 Å². The summed E-state index contributed by atoms with van der Waals surface area (Å²) in [5.41, 5.74) is 0. The maximum Gasteiger partial charge on any atom is 0.204 e. The first-order chi connectivity index (χ1) is 4.25. The molecule has 0 bridgehead atoms. The summed E-state index contributed by atoms with van der Waals surface area (Å²) >= 11 is 5.96. The van der Waals surface area contributed by atoms with Gasteiger partial charge in [0.25, 0.3) is 0 Å². The molecular formula is C4H5NO2S2. The van der Waals surface area contributed by atoms with Crippen LogP contribution < -0.4 is 0 Å². The molecule has 0 aliphatic heterocycles. The first kappa shape index (κ1) is 6.73. The van der Waals surface area contributed by atoms with Crippen LogP contribution in [0.1, 0.15) is 0 Å². The molecule has 0 saturated carbocycles. The van der Waals surface area contributed by atoms with Crippen LogP contribution in [0.3, 0.4) is 0 Å². The fourth-order valence-electron chi connectivity index (χ4n) is 0.454. The van der Waals surface area contributed by atoms with Gasteiger partial charge in [-0.05, 0) is 12.2 Å². The number of aromatic nitrogens is 1. The van der Waals surface area contributed by atoms with E-state index in [-0.39, 0.29) is 12.6 Å². The summed E-state index contributed by atoms with van der Waals surface area (Å²) in [6.45, 7) is -0.256. The summed E-state index contributed by atoms with van der Waals surface area (Å²) in [5.74, 6) is 0.0208. The van der Waals surface area contributed by atoms with Crippen molar-refractivity contribution in [2.75, 3.05) is 0 Å². The standard InChI is InChI=1S/C4H5NO2S2/c6-2-5-3(7)1-9-4(5)8/h1,6-7H,2H2. The number of hydrogen-bond donors (Lipinski definition) is 2. The highest BCUT2D eigenvalue weighted by molar-refractivity contribution is 7.73. The third-order valence-corrected chi connectivity index (χ3v) is 2.16. The van der Waals surface area contributed by atoms with Gasteiger partial charge in [0.15, 0.2) is 3.95 Å². The lowest BCUT2D eigenvalue weighted by molar-refractivity contribution is 0.196. The van der Waals surface area contributed by atoms with E-state index in [1.54, 1.807) is 0 Å². The van der Waals surface area contributed by atoms with Crippen molar-refractivity contribution >= 4 is 23.6 Å². The lowest BCUT2D eigenvalue weighted by Gasteiger charge is -1.94. The fourth-order valence-corrected chi connectivity index (χ4v) is 1.36. The number of nitrogens with zero attached hydrogens (tertiary/aromatic N) is 1. The fraction of sp³-hybridized carbons (Fsp3) is 0.250. The number of hydrogen-bond acceptors (Lipinski definition) is 4. The zero-order valence-corrected chi connectivity index (χ0v) is 6.08. The van der Waals surface area contributed by atoms with E-state index in [4.69, 9.17) is 22.4 Å². The van der Waals surface area contributed by atoms with E-state index < -0.39 is 0 Å². The minimum Gasteiger partial charge on any atom is -0.494 e. The Balaban J connectivity index is 3.23. The maximum absolute atomic E-state index is 8.88. The van der Waals surface area contributed by atoms with Crippen LogP contribution in [-0.4, -0.2) is 14.8 Å². The molecule has 1 aromatic heterocycles. The average Bonchev–Trinajstić information content (AvgIpc) is 2.12. The molecule has 1 rings (SSSR count). The topological polar surface area (TPSA) is 45.4 Å². The summed E-state index contributed by atoms with van der Waals surface area (Å²) in [6.07, 6.45) is 0. The Labute approximate surface area is 60.8 Å². The highest BCUT2D eigenvalue weighted by Gasteiger charge is 1.97. The molecule has 0 radical (unpaired) electrons. The quantitative estimate of drug-likeness (QED) is 0.605. The molecule has 2 N–H and O–H groups in total. The SMILES string of the molecule is OCn1c(O)csc1=S. The lowest BCUT2D eigenvalue weighted by atomic mass is 10.8. The molecule has 0 amide bonds. The Bertz CT molecular complexity index is 251. The smallest absolute Gasteiger partial charge is 0.204 e. The zero-order valence-electron chi connectivity index (χ0n) is 4.44. The number of aromatic hydroxyl groups is 1. The highest BCUT2D eigenvalue weighted by Crippen LogP contribution is 2.15. The summed E-state index contributed by atoms with van der Waals surface area (Å²) in [5, 5.41) is 18.9. The molecule has 0 atom stereocenters. The van der Waals surface area contributed by atoms with Crippen LogP contribution in [0.2, 0.25) is 0 Å². The second kappa shape index (κ2) is 2.47. The molecule has 0 spiro atoms. The van der Waals surface area contributed by atoms with Crippen molar-refractivity contribution in [3.8, 4) is 5.88 Å². The molecule has 1 heterocycles. The minimum atomic E-state index is -0.256. The van der Waals surface area contributed by atoms with Crippen LogP contribution in [0, 0.1) is 3.95 Å². The number of aliphatic hydroxyl groups is 1. The van der Waals surface area contributed by atoms with E-state index in [2.05, 4.69) is 0 Å². The molecule has 9 heavy (non-hydrogen) atoms. The number of rotatable bonds is 1. The van der Waals surface area contributed by atoms with Crippen LogP contribution in [0.15, 0.2) is 5.38 Å². The van der Waals surface area contributed by atoms with E-state index in [1.165, 1.54) is 21.3 Å². The van der Waals surface area contributed by atoms with Gasteiger partial charge in [0.1, 0.15) is 6.73 Å². The van der Waals surface area contributed by atoms with Crippen molar-refractivity contribution in [1.29, 1.82) is 0 Å². The van der Waals surface area contributed by atoms with Gasteiger partial charge in [0, 0.05) is 0 Å². The molecule has 1 aromatic rings. The van der Waals surface area contributed by atoms with Crippen molar-refractivity contribution in [2.24, 2.45) is 0 Å². The summed E-state index contributed by atoms with van der Waals surface area (Å²) in [7, 11) is 0. The molecule has 0 aromatic carbocycles. The molecule has 3 nitrogen and oxygen atoms in total. The Morgan fingerprint density at radius 3 is 2.67 bits per heavy atom. The van der Waals surface area contributed by atoms with E-state index in [9.17, 15) is 0 Å². The molecule has 0 aliphatic carbocycles. The van der Waals surface area contributed by atoms with Gasteiger partial charge in [0.2, 0.25) is 5.88 Å². The third-order valence-electron chi connectivity index (χ3n) is 0.904. The summed E-state index contributed by atoms with van der Waals surface area (Å²) in [4.78, 5) is 0. The van der Waals surface area contributed by atoms with Crippen molar-refractivity contribution < 1.29 is 10.2 Å². The Kier molecular flexibility index (Phi) is 1.84. The maximum atomic E-state index is 8.88. The van der Waals surface area contributed by atoms with Crippen molar-refractivity contribution in [3.63, 3.8) is 0 Å². The molecule has 0 saturated heterocycles. The normalized spacial score (nSPS) is 9.89. The predicted octanol–water partition coefficient (Wildman–Crippen LogP) is 0.934. The third kappa shape index (κ3) is 1.12. The van der Waals surface area contributed by atoms with Gasteiger partial charge in [0.05, 0.1) is 5.38 Å². The van der Waals surface area contributed by atoms with Crippen molar-refractivity contribution in [1.82, 2.24) is 4.57 Å². The Morgan fingerprint density at radius 2 is 2.44 bits per heavy atom. The monoisotopic (exact) mass is 163 g/mol. The number of thiazole rings is 1. The van der Waals surface area contributed by atoms with Gasteiger partial charge < -0.3 is 10.2 Å². The summed E-state index contributed by atoms with van der Waals surface area (Å²) in [6, 6.07) is 0.